The first kappa shape index (κ1) is 38.8. The van der Waals surface area contributed by atoms with Gasteiger partial charge in [0.05, 0.1) is 32.0 Å². The van der Waals surface area contributed by atoms with Gasteiger partial charge in [0.15, 0.2) is 0 Å². The molecule has 0 spiro atoms. The molecule has 0 saturated carbocycles. The van der Waals surface area contributed by atoms with Crippen LogP contribution in [-0.2, 0) is 39.6 Å². The average Bonchev–Trinajstić information content (AvgIpc) is 3.60. The molecule has 4 heterocycles. The van der Waals surface area contributed by atoms with Gasteiger partial charge in [0.25, 0.3) is 11.1 Å². The summed E-state index contributed by atoms with van der Waals surface area (Å²) in [4.78, 5) is 64.7. The van der Waals surface area contributed by atoms with Crippen LogP contribution in [0.4, 0.5) is 13.2 Å². The number of nitrogens with one attached hydrogen (secondary N) is 2. The van der Waals surface area contributed by atoms with Crippen LogP contribution in [0.3, 0.4) is 0 Å². The van der Waals surface area contributed by atoms with E-state index in [1.807, 2.05) is 0 Å². The second kappa shape index (κ2) is 15.9. The number of alkyl halides is 3. The van der Waals surface area contributed by atoms with E-state index in [-0.39, 0.29) is 50.0 Å². The number of rotatable bonds is 14. The number of H-pyrrole nitrogens is 2. The Labute approximate surface area is 280 Å². The van der Waals surface area contributed by atoms with Crippen molar-refractivity contribution in [2.45, 2.75) is 82.6 Å². The first-order chi connectivity index (χ1) is 22.9. The van der Waals surface area contributed by atoms with Gasteiger partial charge in [0.2, 0.25) is 0 Å². The minimum absolute atomic E-state index is 0.0494. The lowest BCUT2D eigenvalue weighted by molar-refractivity contribution is -0.184. The Morgan fingerprint density at radius 3 is 2.10 bits per heavy atom. The SMILES string of the molecule is Cc1cn([C@H]2C[C@H](OP(=S)(OCCCCN(C)C(=O)C(F)(F)F)OC[C@H]3O[C@@H](n4cc(C)c(=O)[nH]c4=O)C[C@@H]3O)[C@@H](CO)O2)c(=O)[nH]c1=O. The summed E-state index contributed by atoms with van der Waals surface area (Å²) in [6.45, 7) is -2.28. The van der Waals surface area contributed by atoms with Gasteiger partial charge in [0.1, 0.15) is 24.7 Å². The average molecular weight is 744 g/mol. The second-order valence-electron chi connectivity index (χ2n) is 11.6. The lowest BCUT2D eigenvalue weighted by atomic mass is 10.2. The maximum absolute atomic E-state index is 12.7. The predicted octanol–water partition coefficient (Wildman–Crippen LogP) is 0.0756. The van der Waals surface area contributed by atoms with Gasteiger partial charge in [-0.15, -0.1) is 0 Å². The third-order valence-electron chi connectivity index (χ3n) is 7.86. The Morgan fingerprint density at radius 1 is 1.00 bits per heavy atom. The molecule has 49 heavy (non-hydrogen) atoms. The Balaban J connectivity index is 1.47. The van der Waals surface area contributed by atoms with Crippen molar-refractivity contribution >= 4 is 24.4 Å². The van der Waals surface area contributed by atoms with Crippen molar-refractivity contribution in [1.82, 2.24) is 24.0 Å². The van der Waals surface area contributed by atoms with Gasteiger partial charge in [-0.05, 0) is 38.5 Å². The van der Waals surface area contributed by atoms with Gasteiger partial charge >= 0.3 is 30.2 Å². The smallest absolute Gasteiger partial charge is 0.394 e. The number of unbranched alkanes of at least 4 members (excludes halogenated alkanes) is 1. The van der Waals surface area contributed by atoms with E-state index in [2.05, 4.69) is 9.97 Å². The fourth-order valence-electron chi connectivity index (χ4n) is 5.16. The molecule has 17 nitrogen and oxygen atoms in total. The second-order valence-corrected chi connectivity index (χ2v) is 14.6. The molecule has 1 unspecified atom stereocenters. The number of aromatic nitrogens is 4. The van der Waals surface area contributed by atoms with Crippen LogP contribution in [0.5, 0.6) is 0 Å². The van der Waals surface area contributed by atoms with Crippen LogP contribution in [0.15, 0.2) is 31.6 Å². The molecule has 0 radical (unpaired) electrons. The molecule has 2 aliphatic rings. The molecule has 2 aliphatic heterocycles. The summed E-state index contributed by atoms with van der Waals surface area (Å²) in [7, 11) is 1.01. The van der Waals surface area contributed by atoms with Crippen molar-refractivity contribution in [2.24, 2.45) is 0 Å². The van der Waals surface area contributed by atoms with Crippen LogP contribution in [0, 0.1) is 13.8 Å². The quantitative estimate of drug-likeness (QED) is 0.149. The highest BCUT2D eigenvalue weighted by atomic mass is 32.5. The zero-order valence-corrected chi connectivity index (χ0v) is 28.3. The van der Waals surface area contributed by atoms with Crippen LogP contribution in [0.25, 0.3) is 0 Å². The zero-order chi connectivity index (χ0) is 36.3. The molecule has 0 bridgehead atoms. The van der Waals surface area contributed by atoms with E-state index < -0.39 is 91.4 Å². The highest BCUT2D eigenvalue weighted by Gasteiger charge is 2.43. The molecule has 274 valence electrons. The van der Waals surface area contributed by atoms with Crippen LogP contribution >= 0.6 is 6.72 Å². The number of ether oxygens (including phenoxy) is 2. The molecule has 4 N–H and O–H groups in total. The minimum atomic E-state index is -5.02. The number of hydrogen-bond acceptors (Lipinski definition) is 13. The number of amides is 1. The Morgan fingerprint density at radius 2 is 1.55 bits per heavy atom. The van der Waals surface area contributed by atoms with Crippen molar-refractivity contribution in [3.05, 3.63) is 65.2 Å². The maximum atomic E-state index is 12.7. The highest BCUT2D eigenvalue weighted by Crippen LogP contribution is 2.54. The summed E-state index contributed by atoms with van der Waals surface area (Å²) < 4.78 is 69.8. The van der Waals surface area contributed by atoms with Gasteiger partial charge in [-0.2, -0.15) is 13.2 Å². The van der Waals surface area contributed by atoms with E-state index in [9.17, 15) is 47.4 Å². The third kappa shape index (κ3) is 9.62. The summed E-state index contributed by atoms with van der Waals surface area (Å²) in [5, 5.41) is 20.7. The highest BCUT2D eigenvalue weighted by molar-refractivity contribution is 8.07. The van der Waals surface area contributed by atoms with Crippen LogP contribution < -0.4 is 22.5 Å². The van der Waals surface area contributed by atoms with E-state index >= 15 is 0 Å². The van der Waals surface area contributed by atoms with Gasteiger partial charge in [-0.3, -0.25) is 33.5 Å². The molecule has 22 heteroatoms. The lowest BCUT2D eigenvalue weighted by Gasteiger charge is -2.28. The lowest BCUT2D eigenvalue weighted by Crippen LogP contribution is -2.38. The monoisotopic (exact) mass is 743 g/mol. The predicted molar refractivity (Wildman–Crippen MR) is 166 cm³/mol. The van der Waals surface area contributed by atoms with E-state index in [0.29, 0.717) is 4.90 Å². The van der Waals surface area contributed by atoms with Crippen molar-refractivity contribution in [1.29, 1.82) is 0 Å². The molecule has 2 aromatic heterocycles. The number of carbonyl (C=O) groups excluding carboxylic acids is 1. The van der Waals surface area contributed by atoms with Gasteiger partial charge in [0, 0.05) is 50.0 Å². The Hall–Kier alpha value is -3.01. The Bertz CT molecular complexity index is 1780. The largest absolute Gasteiger partial charge is 0.471 e. The van der Waals surface area contributed by atoms with Crippen molar-refractivity contribution in [2.75, 3.05) is 33.4 Å². The minimum Gasteiger partial charge on any atom is -0.394 e. The number of carbonyl (C=O) groups is 1. The topological polar surface area (TPSA) is 217 Å². The van der Waals surface area contributed by atoms with Gasteiger partial charge in [-0.25, -0.2) is 9.59 Å². The molecule has 2 aromatic rings. The number of aliphatic hydroxyl groups is 2. The first-order valence-electron chi connectivity index (χ1n) is 15.1. The Kier molecular flexibility index (Phi) is 12.6. The zero-order valence-electron chi connectivity index (χ0n) is 26.6. The van der Waals surface area contributed by atoms with Crippen LogP contribution in [0.1, 0.15) is 49.3 Å². The number of aromatic amines is 2. The number of aliphatic hydroxyl groups excluding tert-OH is 2. The van der Waals surface area contributed by atoms with E-state index in [1.54, 1.807) is 0 Å². The number of hydrogen-bond donors (Lipinski definition) is 4. The molecule has 1 amide bonds. The van der Waals surface area contributed by atoms with Crippen LogP contribution in [-0.4, -0.2) is 104 Å². The van der Waals surface area contributed by atoms with Gasteiger partial charge in [-0.1, -0.05) is 0 Å². The standard InChI is InChI=1S/C27H37F3N5O12PS/c1-14-10-34(25(41)31-22(14)38)20-8-16(37)19(46-20)13-44-48(49,43-7-5-4-6-33(3)24(40)27(28,29)30)47-17-9-21(45-18(17)12-36)35-11-15(2)23(39)32-26(35)42/h10-11,16-21,36-37H,4-9,12-13H2,1-3H3,(H,31,38,41)(H,32,39,42)/t16-,17-,18+,19+,20+,21+,48?/m0/s1. The number of nitrogens with zero attached hydrogens (tertiary/aromatic N) is 3. The van der Waals surface area contributed by atoms with Gasteiger partial charge < -0.3 is 38.2 Å². The summed E-state index contributed by atoms with van der Waals surface area (Å²) in [6.07, 6.45) is -8.54. The molecule has 0 aromatic carbocycles. The first-order valence-corrected chi connectivity index (χ1v) is 17.6. The maximum Gasteiger partial charge on any atom is 0.471 e. The molecular formula is C27H37F3N5O12PS. The van der Waals surface area contributed by atoms with Crippen molar-refractivity contribution in [3.63, 3.8) is 0 Å². The molecule has 0 aliphatic carbocycles. The number of aryl methyl sites for hydroxylation is 2. The summed E-state index contributed by atoms with van der Waals surface area (Å²) in [5.74, 6) is -2.00. The molecule has 7 atom stereocenters. The summed E-state index contributed by atoms with van der Waals surface area (Å²) in [6, 6.07) is 0. The summed E-state index contributed by atoms with van der Waals surface area (Å²) in [5.41, 5.74) is -2.23. The summed E-state index contributed by atoms with van der Waals surface area (Å²) >= 11 is 5.64. The molecule has 2 fully saturated rings. The fourth-order valence-corrected chi connectivity index (χ4v) is 7.33. The van der Waals surface area contributed by atoms with E-state index in [0.717, 1.165) is 16.2 Å². The molecular weight excluding hydrogens is 706 g/mol. The fraction of sp³-hybridized carbons (Fsp3) is 0.667. The molecule has 2 saturated heterocycles. The van der Waals surface area contributed by atoms with Crippen molar-refractivity contribution in [3.8, 4) is 0 Å². The van der Waals surface area contributed by atoms with Crippen LogP contribution in [0.2, 0.25) is 0 Å². The van der Waals surface area contributed by atoms with E-state index in [4.69, 9.17) is 34.9 Å². The van der Waals surface area contributed by atoms with Crippen molar-refractivity contribution < 1.29 is 51.2 Å². The number of halogens is 3. The van der Waals surface area contributed by atoms with E-state index in [1.165, 1.54) is 26.2 Å². The third-order valence-corrected chi connectivity index (χ3v) is 10.2. The molecule has 4 rings (SSSR count). The normalized spacial score (nSPS) is 25.4.